The SMILES string of the molecule is O=C(O)C1CC12CCN(C(=O)c1ccc(Oc3ccc(F)cc3F)cc1)CC2. The summed E-state index contributed by atoms with van der Waals surface area (Å²) in [6.45, 7) is 1.09. The van der Waals surface area contributed by atoms with Crippen LogP contribution in [0.5, 0.6) is 11.5 Å². The van der Waals surface area contributed by atoms with Gasteiger partial charge in [-0.25, -0.2) is 8.78 Å². The minimum atomic E-state index is -0.804. The summed E-state index contributed by atoms with van der Waals surface area (Å²) < 4.78 is 32.0. The average molecular weight is 387 g/mol. The lowest BCUT2D eigenvalue weighted by molar-refractivity contribution is -0.139. The van der Waals surface area contributed by atoms with Crippen LogP contribution in [0.15, 0.2) is 42.5 Å². The summed E-state index contributed by atoms with van der Waals surface area (Å²) >= 11 is 0. The molecule has 1 saturated carbocycles. The minimum absolute atomic E-state index is 0.0979. The number of rotatable bonds is 4. The Morgan fingerprint density at radius 3 is 2.32 bits per heavy atom. The molecule has 2 aromatic carbocycles. The Hall–Kier alpha value is -2.96. The number of piperidine rings is 1. The van der Waals surface area contributed by atoms with E-state index >= 15 is 0 Å². The molecule has 0 aromatic heterocycles. The van der Waals surface area contributed by atoms with Crippen molar-refractivity contribution in [1.29, 1.82) is 0 Å². The second kappa shape index (κ2) is 6.89. The zero-order valence-corrected chi connectivity index (χ0v) is 15.0. The summed E-state index contributed by atoms with van der Waals surface area (Å²) in [5, 5.41) is 9.15. The zero-order chi connectivity index (χ0) is 19.9. The van der Waals surface area contributed by atoms with Crippen LogP contribution in [0.4, 0.5) is 8.78 Å². The number of carbonyl (C=O) groups is 2. The Morgan fingerprint density at radius 1 is 1.07 bits per heavy atom. The van der Waals surface area contributed by atoms with Crippen LogP contribution in [-0.2, 0) is 4.79 Å². The van der Waals surface area contributed by atoms with E-state index in [0.717, 1.165) is 12.1 Å². The Bertz CT molecular complexity index is 921. The van der Waals surface area contributed by atoms with Crippen molar-refractivity contribution in [2.75, 3.05) is 13.1 Å². The maximum atomic E-state index is 13.7. The van der Waals surface area contributed by atoms with E-state index in [1.165, 1.54) is 6.07 Å². The van der Waals surface area contributed by atoms with Crippen LogP contribution in [0.1, 0.15) is 29.6 Å². The highest BCUT2D eigenvalue weighted by atomic mass is 19.1. The van der Waals surface area contributed by atoms with Crippen molar-refractivity contribution in [1.82, 2.24) is 4.90 Å². The summed E-state index contributed by atoms with van der Waals surface area (Å²) in [4.78, 5) is 25.5. The van der Waals surface area contributed by atoms with Gasteiger partial charge in [0.2, 0.25) is 0 Å². The van der Waals surface area contributed by atoms with Crippen LogP contribution in [0, 0.1) is 23.0 Å². The molecule has 0 radical (unpaired) electrons. The van der Waals surface area contributed by atoms with Crippen molar-refractivity contribution < 1.29 is 28.2 Å². The van der Waals surface area contributed by atoms with Crippen molar-refractivity contribution in [2.45, 2.75) is 19.3 Å². The first-order valence-corrected chi connectivity index (χ1v) is 9.13. The van der Waals surface area contributed by atoms with Gasteiger partial charge in [-0.15, -0.1) is 0 Å². The highest BCUT2D eigenvalue weighted by Crippen LogP contribution is 2.59. The van der Waals surface area contributed by atoms with E-state index < -0.39 is 17.6 Å². The molecule has 5 nitrogen and oxygen atoms in total. The quantitative estimate of drug-likeness (QED) is 0.858. The predicted octanol–water partition coefficient (Wildman–Crippen LogP) is 4.08. The van der Waals surface area contributed by atoms with E-state index in [1.807, 2.05) is 0 Å². The van der Waals surface area contributed by atoms with Gasteiger partial charge < -0.3 is 14.7 Å². The lowest BCUT2D eigenvalue weighted by atomic mass is 9.90. The number of carboxylic acid groups (broad SMARTS) is 1. The molecule has 1 saturated heterocycles. The van der Waals surface area contributed by atoms with E-state index in [2.05, 4.69) is 0 Å². The van der Waals surface area contributed by atoms with Gasteiger partial charge in [0.15, 0.2) is 11.6 Å². The Labute approximate surface area is 160 Å². The largest absolute Gasteiger partial charge is 0.481 e. The molecule has 28 heavy (non-hydrogen) atoms. The second-order valence-electron chi connectivity index (χ2n) is 7.45. The van der Waals surface area contributed by atoms with Gasteiger partial charge >= 0.3 is 5.97 Å². The number of halogens is 2. The second-order valence-corrected chi connectivity index (χ2v) is 7.45. The standard InChI is InChI=1S/C21H19F2NO4/c22-14-3-6-18(17(23)11-14)28-15-4-1-13(2-5-15)19(25)24-9-7-21(8-10-24)12-16(21)20(26)27/h1-6,11,16H,7-10,12H2,(H,26,27). The molecule has 1 atom stereocenters. The van der Waals surface area contributed by atoms with Gasteiger partial charge in [-0.2, -0.15) is 0 Å². The fourth-order valence-electron chi connectivity index (χ4n) is 3.94. The van der Waals surface area contributed by atoms with Gasteiger partial charge in [0, 0.05) is 24.7 Å². The molecule has 1 amide bonds. The molecule has 2 fully saturated rings. The molecule has 0 bridgehead atoms. The van der Waals surface area contributed by atoms with E-state index in [9.17, 15) is 18.4 Å². The van der Waals surface area contributed by atoms with Crippen LogP contribution in [0.2, 0.25) is 0 Å². The monoisotopic (exact) mass is 387 g/mol. The fraction of sp³-hybridized carbons (Fsp3) is 0.333. The summed E-state index contributed by atoms with van der Waals surface area (Å²) in [5.41, 5.74) is 0.355. The molecule has 1 N–H and O–H groups in total. The number of hydrogen-bond acceptors (Lipinski definition) is 3. The number of nitrogens with zero attached hydrogens (tertiary/aromatic N) is 1. The van der Waals surface area contributed by atoms with Crippen LogP contribution in [0.25, 0.3) is 0 Å². The first-order chi connectivity index (χ1) is 13.4. The summed E-state index contributed by atoms with van der Waals surface area (Å²) in [5.74, 6) is -2.39. The number of amides is 1. The lowest BCUT2D eigenvalue weighted by Crippen LogP contribution is -2.39. The molecular weight excluding hydrogens is 368 g/mol. The third kappa shape index (κ3) is 3.44. The average Bonchev–Trinajstić information content (AvgIpc) is 3.38. The smallest absolute Gasteiger partial charge is 0.307 e. The number of carboxylic acids is 1. The Morgan fingerprint density at radius 2 is 1.75 bits per heavy atom. The van der Waals surface area contributed by atoms with Crippen molar-refractivity contribution in [2.24, 2.45) is 11.3 Å². The molecule has 4 rings (SSSR count). The predicted molar refractivity (Wildman–Crippen MR) is 96.2 cm³/mol. The molecule has 146 valence electrons. The normalized spacial score (nSPS) is 20.1. The minimum Gasteiger partial charge on any atom is -0.481 e. The molecular formula is C21H19F2NO4. The van der Waals surface area contributed by atoms with Gasteiger partial charge in [0.1, 0.15) is 11.6 Å². The molecule has 2 aromatic rings. The van der Waals surface area contributed by atoms with Crippen LogP contribution in [-0.4, -0.2) is 35.0 Å². The van der Waals surface area contributed by atoms with Crippen LogP contribution < -0.4 is 4.74 Å². The van der Waals surface area contributed by atoms with E-state index in [0.29, 0.717) is 43.7 Å². The summed E-state index contributed by atoms with van der Waals surface area (Å²) in [7, 11) is 0. The van der Waals surface area contributed by atoms with Crippen LogP contribution >= 0.6 is 0 Å². The third-order valence-corrected chi connectivity index (χ3v) is 5.76. The first-order valence-electron chi connectivity index (χ1n) is 9.13. The molecule has 1 spiro atoms. The summed E-state index contributed by atoms with van der Waals surface area (Å²) in [6, 6.07) is 9.36. The highest BCUT2D eigenvalue weighted by molar-refractivity contribution is 5.94. The Balaban J connectivity index is 1.37. The van der Waals surface area contributed by atoms with E-state index in [1.54, 1.807) is 29.2 Å². The van der Waals surface area contributed by atoms with Crippen molar-refractivity contribution in [3.63, 3.8) is 0 Å². The molecule has 1 unspecified atom stereocenters. The van der Waals surface area contributed by atoms with Gasteiger partial charge in [-0.1, -0.05) is 0 Å². The number of ether oxygens (including phenoxy) is 1. The Kier molecular flexibility index (Phi) is 4.53. The van der Waals surface area contributed by atoms with Gasteiger partial charge in [-0.3, -0.25) is 9.59 Å². The number of aliphatic carboxylic acids is 1. The molecule has 2 aliphatic rings. The number of likely N-dealkylation sites (tertiary alicyclic amines) is 1. The third-order valence-electron chi connectivity index (χ3n) is 5.76. The lowest BCUT2D eigenvalue weighted by Gasteiger charge is -2.32. The van der Waals surface area contributed by atoms with Gasteiger partial charge in [0.25, 0.3) is 5.91 Å². The number of carbonyl (C=O) groups excluding carboxylic acids is 1. The molecule has 1 aliphatic carbocycles. The van der Waals surface area contributed by atoms with Crippen molar-refractivity contribution in [3.05, 3.63) is 59.7 Å². The maximum Gasteiger partial charge on any atom is 0.307 e. The molecule has 1 aliphatic heterocycles. The summed E-state index contributed by atoms with van der Waals surface area (Å²) in [6.07, 6.45) is 2.12. The van der Waals surface area contributed by atoms with Gasteiger partial charge in [-0.05, 0) is 61.1 Å². The van der Waals surface area contributed by atoms with Crippen molar-refractivity contribution in [3.8, 4) is 11.5 Å². The van der Waals surface area contributed by atoms with Crippen LogP contribution in [0.3, 0.4) is 0 Å². The molecule has 1 heterocycles. The molecule has 7 heteroatoms. The highest BCUT2D eigenvalue weighted by Gasteiger charge is 2.59. The van der Waals surface area contributed by atoms with E-state index in [-0.39, 0.29) is 23.0 Å². The van der Waals surface area contributed by atoms with Gasteiger partial charge in [0.05, 0.1) is 5.92 Å². The maximum absolute atomic E-state index is 13.7. The van der Waals surface area contributed by atoms with E-state index in [4.69, 9.17) is 9.84 Å². The topological polar surface area (TPSA) is 66.8 Å². The zero-order valence-electron chi connectivity index (χ0n) is 15.0. The number of benzene rings is 2. The first kappa shape index (κ1) is 18.4. The number of hydrogen-bond donors (Lipinski definition) is 1. The van der Waals surface area contributed by atoms with Crippen molar-refractivity contribution >= 4 is 11.9 Å². The fourth-order valence-corrected chi connectivity index (χ4v) is 3.94.